The predicted molar refractivity (Wildman–Crippen MR) is 56.2 cm³/mol. The average Bonchev–Trinajstić information content (AvgIpc) is 2.16. The number of rotatable bonds is 3. The summed E-state index contributed by atoms with van der Waals surface area (Å²) in [6.07, 6.45) is 1.91. The van der Waals surface area contributed by atoms with Crippen LogP contribution in [0.1, 0.15) is 0 Å². The Morgan fingerprint density at radius 3 is 2.67 bits per heavy atom. The zero-order chi connectivity index (χ0) is 8.81. The second-order valence-corrected chi connectivity index (χ2v) is 3.25. The average molecular weight is 180 g/mol. The Kier molecular flexibility index (Phi) is 3.67. The SMILES string of the molecule is CSC(=N)CNc1ccccc1. The van der Waals surface area contributed by atoms with Gasteiger partial charge in [-0.25, -0.2) is 0 Å². The van der Waals surface area contributed by atoms with Gasteiger partial charge in [0.2, 0.25) is 0 Å². The summed E-state index contributed by atoms with van der Waals surface area (Å²) in [6, 6.07) is 9.92. The van der Waals surface area contributed by atoms with Crippen molar-refractivity contribution in [2.45, 2.75) is 0 Å². The minimum atomic E-state index is 0.616. The number of hydrogen-bond donors (Lipinski definition) is 2. The molecule has 0 atom stereocenters. The lowest BCUT2D eigenvalue weighted by atomic mass is 10.3. The van der Waals surface area contributed by atoms with E-state index in [0.717, 1.165) is 5.69 Å². The highest BCUT2D eigenvalue weighted by Gasteiger charge is 1.92. The summed E-state index contributed by atoms with van der Waals surface area (Å²) in [7, 11) is 0. The van der Waals surface area contributed by atoms with Crippen molar-refractivity contribution in [3.63, 3.8) is 0 Å². The van der Waals surface area contributed by atoms with Crippen LogP contribution in [0.25, 0.3) is 0 Å². The number of hydrogen-bond acceptors (Lipinski definition) is 3. The highest BCUT2D eigenvalue weighted by molar-refractivity contribution is 8.13. The molecule has 0 saturated heterocycles. The molecule has 0 heterocycles. The van der Waals surface area contributed by atoms with Gasteiger partial charge in [-0.1, -0.05) is 18.2 Å². The molecule has 0 amide bonds. The van der Waals surface area contributed by atoms with Crippen LogP contribution < -0.4 is 5.32 Å². The maximum absolute atomic E-state index is 7.39. The summed E-state index contributed by atoms with van der Waals surface area (Å²) >= 11 is 1.46. The second kappa shape index (κ2) is 4.83. The fraction of sp³-hybridized carbons (Fsp3) is 0.222. The minimum Gasteiger partial charge on any atom is -0.379 e. The van der Waals surface area contributed by atoms with E-state index in [1.807, 2.05) is 36.6 Å². The molecule has 1 rings (SSSR count). The molecule has 3 heteroatoms. The number of para-hydroxylation sites is 1. The zero-order valence-corrected chi connectivity index (χ0v) is 7.82. The molecule has 0 radical (unpaired) electrons. The van der Waals surface area contributed by atoms with Crippen LogP contribution >= 0.6 is 11.8 Å². The van der Waals surface area contributed by atoms with E-state index in [2.05, 4.69) is 5.32 Å². The fourth-order valence-electron chi connectivity index (χ4n) is 0.811. The first kappa shape index (κ1) is 9.13. The van der Waals surface area contributed by atoms with Gasteiger partial charge >= 0.3 is 0 Å². The Bertz CT molecular complexity index is 246. The molecule has 2 N–H and O–H groups in total. The van der Waals surface area contributed by atoms with Gasteiger partial charge < -0.3 is 5.32 Å². The van der Waals surface area contributed by atoms with Gasteiger partial charge in [0.25, 0.3) is 0 Å². The van der Waals surface area contributed by atoms with Crippen LogP contribution in [0.5, 0.6) is 0 Å². The van der Waals surface area contributed by atoms with Crippen LogP contribution in [0, 0.1) is 5.41 Å². The number of nitrogens with one attached hydrogen (secondary N) is 2. The maximum atomic E-state index is 7.39. The Morgan fingerprint density at radius 1 is 1.42 bits per heavy atom. The largest absolute Gasteiger partial charge is 0.379 e. The van der Waals surface area contributed by atoms with Gasteiger partial charge in [0.05, 0.1) is 11.6 Å². The van der Waals surface area contributed by atoms with E-state index in [-0.39, 0.29) is 0 Å². The molecule has 1 aromatic carbocycles. The van der Waals surface area contributed by atoms with E-state index in [0.29, 0.717) is 11.6 Å². The number of benzene rings is 1. The van der Waals surface area contributed by atoms with Crippen molar-refractivity contribution >= 4 is 22.5 Å². The molecule has 0 aliphatic heterocycles. The van der Waals surface area contributed by atoms with E-state index in [9.17, 15) is 0 Å². The first-order valence-electron chi connectivity index (χ1n) is 3.73. The van der Waals surface area contributed by atoms with Gasteiger partial charge in [-0.15, -0.1) is 11.8 Å². The lowest BCUT2D eigenvalue weighted by Crippen LogP contribution is -2.08. The van der Waals surface area contributed by atoms with Gasteiger partial charge in [-0.05, 0) is 18.4 Å². The normalized spacial score (nSPS) is 9.42. The van der Waals surface area contributed by atoms with Crippen LogP contribution in [0.3, 0.4) is 0 Å². The molecular formula is C9H12N2S. The van der Waals surface area contributed by atoms with Crippen molar-refractivity contribution in [2.24, 2.45) is 0 Å². The van der Waals surface area contributed by atoms with E-state index in [1.54, 1.807) is 0 Å². The van der Waals surface area contributed by atoms with Gasteiger partial charge in [0.15, 0.2) is 0 Å². The quantitative estimate of drug-likeness (QED) is 0.553. The topological polar surface area (TPSA) is 35.9 Å². The molecule has 12 heavy (non-hydrogen) atoms. The van der Waals surface area contributed by atoms with E-state index < -0.39 is 0 Å². The minimum absolute atomic E-state index is 0.616. The zero-order valence-electron chi connectivity index (χ0n) is 7.00. The monoisotopic (exact) mass is 180 g/mol. The summed E-state index contributed by atoms with van der Waals surface area (Å²) in [5, 5.41) is 11.2. The molecular weight excluding hydrogens is 168 g/mol. The first-order chi connectivity index (χ1) is 5.83. The highest BCUT2D eigenvalue weighted by Crippen LogP contribution is 2.05. The van der Waals surface area contributed by atoms with Gasteiger partial charge in [-0.3, -0.25) is 5.41 Å². The van der Waals surface area contributed by atoms with Crippen molar-refractivity contribution in [1.29, 1.82) is 5.41 Å². The summed E-state index contributed by atoms with van der Waals surface area (Å²) in [5.41, 5.74) is 1.07. The van der Waals surface area contributed by atoms with Crippen LogP contribution in [-0.4, -0.2) is 17.8 Å². The summed E-state index contributed by atoms with van der Waals surface area (Å²) in [5.74, 6) is 0. The number of thioether (sulfide) groups is 1. The molecule has 0 fully saturated rings. The fourth-order valence-corrected chi connectivity index (χ4v) is 1.03. The molecule has 0 bridgehead atoms. The van der Waals surface area contributed by atoms with Gasteiger partial charge in [0, 0.05) is 5.69 Å². The Morgan fingerprint density at radius 2 is 2.08 bits per heavy atom. The number of anilines is 1. The van der Waals surface area contributed by atoms with Crippen molar-refractivity contribution in [3.05, 3.63) is 30.3 Å². The van der Waals surface area contributed by atoms with Crippen molar-refractivity contribution in [1.82, 2.24) is 0 Å². The van der Waals surface area contributed by atoms with Crippen LogP contribution in [-0.2, 0) is 0 Å². The summed E-state index contributed by atoms with van der Waals surface area (Å²) in [4.78, 5) is 0. The lowest BCUT2D eigenvalue weighted by molar-refractivity contribution is 1.37. The maximum Gasteiger partial charge on any atom is 0.0830 e. The van der Waals surface area contributed by atoms with Gasteiger partial charge in [0.1, 0.15) is 0 Å². The smallest absolute Gasteiger partial charge is 0.0830 e. The molecule has 1 aromatic rings. The lowest BCUT2D eigenvalue weighted by Gasteiger charge is -2.04. The third-order valence-electron chi connectivity index (χ3n) is 1.47. The molecule has 2 nitrogen and oxygen atoms in total. The Labute approximate surface area is 76.9 Å². The van der Waals surface area contributed by atoms with E-state index in [1.165, 1.54) is 11.8 Å². The Hall–Kier alpha value is -0.960. The molecule has 0 spiro atoms. The van der Waals surface area contributed by atoms with Crippen molar-refractivity contribution in [2.75, 3.05) is 18.1 Å². The molecule has 0 unspecified atom stereocenters. The van der Waals surface area contributed by atoms with Crippen LogP contribution in [0.2, 0.25) is 0 Å². The molecule has 0 aliphatic rings. The predicted octanol–water partition coefficient (Wildman–Crippen LogP) is 2.44. The molecule has 0 aromatic heterocycles. The standard InChI is InChI=1S/C9H12N2S/c1-12-9(10)7-11-8-5-3-2-4-6-8/h2-6,10-11H,7H2,1H3. The second-order valence-electron chi connectivity index (χ2n) is 2.35. The molecule has 0 saturated carbocycles. The van der Waals surface area contributed by atoms with Crippen LogP contribution in [0.4, 0.5) is 5.69 Å². The molecule has 64 valence electrons. The van der Waals surface area contributed by atoms with Crippen LogP contribution in [0.15, 0.2) is 30.3 Å². The first-order valence-corrected chi connectivity index (χ1v) is 4.95. The summed E-state index contributed by atoms with van der Waals surface area (Å²) in [6.45, 7) is 0.616. The third-order valence-corrected chi connectivity index (χ3v) is 2.11. The highest BCUT2D eigenvalue weighted by atomic mass is 32.2. The summed E-state index contributed by atoms with van der Waals surface area (Å²) < 4.78 is 0. The Balaban J connectivity index is 2.38. The third kappa shape index (κ3) is 2.96. The van der Waals surface area contributed by atoms with Crippen molar-refractivity contribution < 1.29 is 0 Å². The van der Waals surface area contributed by atoms with Crippen molar-refractivity contribution in [3.8, 4) is 0 Å². The van der Waals surface area contributed by atoms with Gasteiger partial charge in [-0.2, -0.15) is 0 Å². The van der Waals surface area contributed by atoms with E-state index >= 15 is 0 Å². The van der Waals surface area contributed by atoms with E-state index in [4.69, 9.17) is 5.41 Å². The molecule has 0 aliphatic carbocycles.